The molecule has 17 rings (SSSR count). The summed E-state index contributed by atoms with van der Waals surface area (Å²) in [6.07, 6.45) is 0. The Morgan fingerprint density at radius 3 is 0.765 bits per heavy atom. The molecule has 0 saturated carbocycles. The van der Waals surface area contributed by atoms with Gasteiger partial charge in [-0.15, -0.1) is 0 Å². The van der Waals surface area contributed by atoms with Crippen LogP contribution in [0.3, 0.4) is 0 Å². The molecular formula is C95H87N3. The minimum absolute atomic E-state index is 0.0414. The first-order valence-electron chi connectivity index (χ1n) is 34.9. The SMILES string of the molecule is CC(C)(C)c1ccc(Nc2ccc3c(c2)C(C)(C)c2ccccc2-3)cc1.CC(C)(C)c1ccc(Nc2ccc3c(c2)C(c2ccccc2)(c2ccccc2)c2ccccc2-3)cc1.CC(C)(C)c1ccc(Nc2ccc3c(c2)C2(c4ccccc4-c4ccccc42)c2ccccc2-3)cc1. The van der Waals surface area contributed by atoms with Gasteiger partial charge < -0.3 is 16.0 Å². The first kappa shape index (κ1) is 63.3. The van der Waals surface area contributed by atoms with Crippen LogP contribution in [0.1, 0.15) is 148 Å². The zero-order chi connectivity index (χ0) is 67.8. The van der Waals surface area contributed by atoms with Crippen LogP contribution in [0.5, 0.6) is 0 Å². The highest BCUT2D eigenvalue weighted by atomic mass is 14.9. The van der Waals surface area contributed by atoms with Crippen molar-refractivity contribution in [2.24, 2.45) is 0 Å². The molecule has 0 bridgehead atoms. The molecule has 0 radical (unpaired) electrons. The van der Waals surface area contributed by atoms with Crippen LogP contribution in [0.15, 0.2) is 309 Å². The Morgan fingerprint density at radius 2 is 0.439 bits per heavy atom. The van der Waals surface area contributed by atoms with Crippen LogP contribution in [-0.2, 0) is 32.5 Å². The standard InChI is InChI=1S/C35H29N.C35H31N.C25H27N/c1-34(2,3)23-16-18-24(19-17-23)36-25-20-21-29-28-12-6-9-15-32(28)35(33(29)22-25)30-13-7-4-10-26(30)27-11-5-8-14-31(27)35;1-34(2,3)25-18-20-28(21-19-25)36-29-22-23-31-30-16-10-11-17-32(30)35(33(31)24-29,26-12-6-4-7-13-26)27-14-8-5-9-15-27;1-24(2,3)17-10-12-18(13-11-17)26-19-14-15-21-20-8-6-7-9-22(20)25(4,5)23(21)16-19/h4-22,36H,1-3H3;4-24,36H,1-3H3;6-16,26H,1-5H3. The number of hydrogen-bond acceptors (Lipinski definition) is 3. The maximum absolute atomic E-state index is 3.69. The van der Waals surface area contributed by atoms with Crippen LogP contribution in [0.4, 0.5) is 34.1 Å². The summed E-state index contributed by atoms with van der Waals surface area (Å²) in [5.41, 5.74) is 34.8. The molecule has 0 heterocycles. The number of fused-ring (bicyclic) bond motifs is 16. The maximum atomic E-state index is 3.69. The second-order valence-electron chi connectivity index (χ2n) is 30.7. The molecule has 98 heavy (non-hydrogen) atoms. The van der Waals surface area contributed by atoms with E-state index in [9.17, 15) is 0 Å². The van der Waals surface area contributed by atoms with Crippen LogP contribution in [-0.4, -0.2) is 0 Å². The van der Waals surface area contributed by atoms with Gasteiger partial charge in [0.25, 0.3) is 0 Å². The molecule has 1 spiro atoms. The highest BCUT2D eigenvalue weighted by molar-refractivity contribution is 5.96. The fourth-order valence-corrected chi connectivity index (χ4v) is 16.1. The summed E-state index contributed by atoms with van der Waals surface area (Å²) >= 11 is 0. The zero-order valence-corrected chi connectivity index (χ0v) is 58.4. The van der Waals surface area contributed by atoms with Crippen LogP contribution < -0.4 is 16.0 Å². The van der Waals surface area contributed by atoms with E-state index in [0.717, 1.165) is 34.1 Å². The fourth-order valence-electron chi connectivity index (χ4n) is 16.1. The third-order valence-corrected chi connectivity index (χ3v) is 21.2. The third kappa shape index (κ3) is 10.9. The molecule has 0 aromatic heterocycles. The van der Waals surface area contributed by atoms with Gasteiger partial charge in [-0.1, -0.05) is 313 Å². The molecule has 3 N–H and O–H groups in total. The highest BCUT2D eigenvalue weighted by Gasteiger charge is 2.52. The van der Waals surface area contributed by atoms with Crippen molar-refractivity contribution in [1.29, 1.82) is 0 Å². The number of nitrogens with one attached hydrogen (secondary N) is 3. The van der Waals surface area contributed by atoms with E-state index in [1.807, 2.05) is 0 Å². The Labute approximate surface area is 581 Å². The molecule has 13 aromatic carbocycles. The van der Waals surface area contributed by atoms with Crippen molar-refractivity contribution in [3.05, 3.63) is 382 Å². The summed E-state index contributed by atoms with van der Waals surface area (Å²) in [5.74, 6) is 0. The molecule has 0 aliphatic heterocycles. The van der Waals surface area contributed by atoms with Crippen LogP contribution >= 0.6 is 0 Å². The molecule has 0 atom stereocenters. The zero-order valence-electron chi connectivity index (χ0n) is 58.4. The van der Waals surface area contributed by atoms with Gasteiger partial charge in [0.2, 0.25) is 0 Å². The topological polar surface area (TPSA) is 36.1 Å². The molecule has 482 valence electrons. The lowest BCUT2D eigenvalue weighted by molar-refractivity contribution is 0.590. The van der Waals surface area contributed by atoms with Gasteiger partial charge in [-0.2, -0.15) is 0 Å². The summed E-state index contributed by atoms with van der Waals surface area (Å²) < 4.78 is 0. The van der Waals surface area contributed by atoms with Crippen molar-refractivity contribution in [3.8, 4) is 44.5 Å². The first-order chi connectivity index (χ1) is 47.2. The van der Waals surface area contributed by atoms with E-state index in [4.69, 9.17) is 0 Å². The Hall–Kier alpha value is -10.7. The molecule has 0 saturated heterocycles. The first-order valence-corrected chi connectivity index (χ1v) is 34.9. The molecule has 0 fully saturated rings. The molecular weight excluding hydrogens is 1180 g/mol. The Bertz CT molecular complexity index is 4850. The van der Waals surface area contributed by atoms with Gasteiger partial charge in [0.05, 0.1) is 10.8 Å². The van der Waals surface area contributed by atoms with E-state index in [1.54, 1.807) is 0 Å². The second-order valence-corrected chi connectivity index (χ2v) is 30.7. The summed E-state index contributed by atoms with van der Waals surface area (Å²) in [6.45, 7) is 24.9. The predicted molar refractivity (Wildman–Crippen MR) is 416 cm³/mol. The van der Waals surface area contributed by atoms with E-state index in [0.29, 0.717) is 0 Å². The molecule has 3 heteroatoms. The van der Waals surface area contributed by atoms with Gasteiger partial charge in [-0.3, -0.25) is 0 Å². The van der Waals surface area contributed by atoms with Crippen LogP contribution in [0, 0.1) is 0 Å². The van der Waals surface area contributed by atoms with Crippen LogP contribution in [0.25, 0.3) is 44.5 Å². The second kappa shape index (κ2) is 24.4. The largest absolute Gasteiger partial charge is 0.356 e. The van der Waals surface area contributed by atoms with Crippen molar-refractivity contribution >= 4 is 34.1 Å². The number of anilines is 6. The molecule has 4 aliphatic carbocycles. The highest BCUT2D eigenvalue weighted by Crippen LogP contribution is 2.63. The molecule has 0 amide bonds. The molecule has 4 aliphatic rings. The fraction of sp³-hybridized carbons (Fsp3) is 0.179. The minimum Gasteiger partial charge on any atom is -0.356 e. The summed E-state index contributed by atoms with van der Waals surface area (Å²) in [7, 11) is 0. The van der Waals surface area contributed by atoms with Crippen molar-refractivity contribution in [3.63, 3.8) is 0 Å². The van der Waals surface area contributed by atoms with Gasteiger partial charge in [-0.05, 0) is 206 Å². The van der Waals surface area contributed by atoms with E-state index in [2.05, 4.69) is 401 Å². The maximum Gasteiger partial charge on any atom is 0.0726 e. The predicted octanol–water partition coefficient (Wildman–Crippen LogP) is 25.2. The lowest BCUT2D eigenvalue weighted by atomic mass is 9.67. The average Bonchev–Trinajstić information content (AvgIpc) is 1.52. The number of rotatable bonds is 8. The quantitative estimate of drug-likeness (QED) is 0.142. The lowest BCUT2D eigenvalue weighted by Gasteiger charge is -2.34. The Balaban J connectivity index is 0.000000122. The third-order valence-electron chi connectivity index (χ3n) is 21.2. The Kier molecular flexibility index (Phi) is 15.8. The van der Waals surface area contributed by atoms with Gasteiger partial charge in [0.1, 0.15) is 0 Å². The van der Waals surface area contributed by atoms with E-state index in [1.165, 1.54) is 117 Å². The van der Waals surface area contributed by atoms with Gasteiger partial charge >= 0.3 is 0 Å². The molecule has 13 aromatic rings. The lowest BCUT2D eigenvalue weighted by Crippen LogP contribution is -2.28. The monoisotopic (exact) mass is 1270 g/mol. The van der Waals surface area contributed by atoms with E-state index < -0.39 is 0 Å². The summed E-state index contributed by atoms with van der Waals surface area (Å²) in [4.78, 5) is 0. The summed E-state index contributed by atoms with van der Waals surface area (Å²) in [5, 5.41) is 10.9. The normalized spacial score (nSPS) is 14.1. The van der Waals surface area contributed by atoms with Crippen molar-refractivity contribution in [2.45, 2.75) is 109 Å². The van der Waals surface area contributed by atoms with E-state index >= 15 is 0 Å². The van der Waals surface area contributed by atoms with Crippen LogP contribution in [0.2, 0.25) is 0 Å². The van der Waals surface area contributed by atoms with Gasteiger partial charge in [-0.25, -0.2) is 0 Å². The smallest absolute Gasteiger partial charge is 0.0726 e. The Morgan fingerprint density at radius 1 is 0.204 bits per heavy atom. The van der Waals surface area contributed by atoms with Crippen molar-refractivity contribution < 1.29 is 0 Å². The number of hydrogen-bond donors (Lipinski definition) is 3. The van der Waals surface area contributed by atoms with Crippen molar-refractivity contribution in [2.75, 3.05) is 16.0 Å². The average molecular weight is 1270 g/mol. The number of benzene rings is 13. The van der Waals surface area contributed by atoms with Gasteiger partial charge in [0, 0.05) is 39.5 Å². The van der Waals surface area contributed by atoms with E-state index in [-0.39, 0.29) is 32.5 Å². The van der Waals surface area contributed by atoms with Gasteiger partial charge in [0.15, 0.2) is 0 Å². The minimum atomic E-state index is -0.373. The summed E-state index contributed by atoms with van der Waals surface area (Å²) in [6, 6.07) is 113. The molecule has 3 nitrogen and oxygen atoms in total. The molecule has 0 unspecified atom stereocenters. The van der Waals surface area contributed by atoms with Crippen molar-refractivity contribution in [1.82, 2.24) is 0 Å².